The molecule has 0 spiro atoms. The van der Waals surface area contributed by atoms with Crippen LogP contribution in [-0.2, 0) is 9.59 Å². The quantitative estimate of drug-likeness (QED) is 0.760. The minimum absolute atomic E-state index is 0.0364. The highest BCUT2D eigenvalue weighted by atomic mass is 16.3. The van der Waals surface area contributed by atoms with Crippen LogP contribution in [0.2, 0.25) is 0 Å². The van der Waals surface area contributed by atoms with Gasteiger partial charge in [-0.15, -0.1) is 0 Å². The van der Waals surface area contributed by atoms with E-state index in [0.717, 1.165) is 12.8 Å². The average molecular weight is 242 g/mol. The molecule has 0 saturated carbocycles. The number of carbonyl (C=O) groups excluding carboxylic acids is 2. The molecule has 17 heavy (non-hydrogen) atoms. The van der Waals surface area contributed by atoms with Crippen LogP contribution in [0.5, 0.6) is 0 Å². The van der Waals surface area contributed by atoms with Gasteiger partial charge in [-0.05, 0) is 19.3 Å². The Bertz CT molecular complexity index is 273. The molecule has 1 rings (SSSR count). The van der Waals surface area contributed by atoms with Crippen molar-refractivity contribution >= 4 is 11.8 Å². The number of amides is 2. The Balaban J connectivity index is 2.37. The van der Waals surface area contributed by atoms with Crippen molar-refractivity contribution in [1.29, 1.82) is 0 Å². The van der Waals surface area contributed by atoms with Crippen LogP contribution in [0.4, 0.5) is 0 Å². The molecule has 1 heterocycles. The summed E-state index contributed by atoms with van der Waals surface area (Å²) in [7, 11) is 1.77. The molecule has 1 aliphatic rings. The molecule has 0 aliphatic carbocycles. The molecular formula is C12H22N2O3. The molecule has 1 N–H and O–H groups in total. The lowest BCUT2D eigenvalue weighted by atomic mass is 9.95. The minimum Gasteiger partial charge on any atom is -0.396 e. The molecule has 5 nitrogen and oxygen atoms in total. The summed E-state index contributed by atoms with van der Waals surface area (Å²) in [5, 5.41) is 8.72. The van der Waals surface area contributed by atoms with Crippen molar-refractivity contribution in [3.8, 4) is 0 Å². The number of carbonyl (C=O) groups is 2. The van der Waals surface area contributed by atoms with E-state index in [1.54, 1.807) is 23.8 Å². The van der Waals surface area contributed by atoms with E-state index in [4.69, 9.17) is 5.11 Å². The fraction of sp³-hybridized carbons (Fsp3) is 0.833. The van der Waals surface area contributed by atoms with Gasteiger partial charge in [-0.1, -0.05) is 0 Å². The first kappa shape index (κ1) is 14.0. The van der Waals surface area contributed by atoms with Crippen molar-refractivity contribution in [3.05, 3.63) is 0 Å². The molecule has 0 aromatic heterocycles. The lowest BCUT2D eigenvalue weighted by Gasteiger charge is -2.32. The van der Waals surface area contributed by atoms with Gasteiger partial charge in [0, 0.05) is 46.1 Å². The highest BCUT2D eigenvalue weighted by Gasteiger charge is 2.27. The standard InChI is InChI=1S/C12H22N2O3/c1-10(16)14-7-4-11(5-8-14)12(17)13(2)6-3-9-15/h11,15H,3-9H2,1-2H3. The van der Waals surface area contributed by atoms with Crippen LogP contribution >= 0.6 is 0 Å². The van der Waals surface area contributed by atoms with Crippen LogP contribution in [0.15, 0.2) is 0 Å². The van der Waals surface area contributed by atoms with E-state index in [2.05, 4.69) is 0 Å². The topological polar surface area (TPSA) is 60.9 Å². The predicted molar refractivity (Wildman–Crippen MR) is 64.3 cm³/mol. The van der Waals surface area contributed by atoms with Gasteiger partial charge in [-0.3, -0.25) is 9.59 Å². The number of aliphatic hydroxyl groups is 1. The Morgan fingerprint density at radius 1 is 1.35 bits per heavy atom. The number of hydrogen-bond donors (Lipinski definition) is 1. The van der Waals surface area contributed by atoms with Gasteiger partial charge in [0.25, 0.3) is 0 Å². The zero-order valence-corrected chi connectivity index (χ0v) is 10.7. The van der Waals surface area contributed by atoms with Crippen molar-refractivity contribution in [1.82, 2.24) is 9.80 Å². The zero-order valence-electron chi connectivity index (χ0n) is 10.7. The Morgan fingerprint density at radius 3 is 2.41 bits per heavy atom. The fourth-order valence-electron chi connectivity index (χ4n) is 2.17. The first-order valence-corrected chi connectivity index (χ1v) is 6.17. The number of hydrogen-bond acceptors (Lipinski definition) is 3. The van der Waals surface area contributed by atoms with Gasteiger partial charge in [0.2, 0.25) is 11.8 Å². The molecule has 0 radical (unpaired) electrons. The highest BCUT2D eigenvalue weighted by Crippen LogP contribution is 2.19. The second-order valence-corrected chi connectivity index (χ2v) is 4.62. The predicted octanol–water partition coefficient (Wildman–Crippen LogP) is 0.0857. The summed E-state index contributed by atoms with van der Waals surface area (Å²) in [4.78, 5) is 26.6. The van der Waals surface area contributed by atoms with Gasteiger partial charge in [0.1, 0.15) is 0 Å². The summed E-state index contributed by atoms with van der Waals surface area (Å²) in [6.45, 7) is 3.64. The van der Waals surface area contributed by atoms with Crippen molar-refractivity contribution < 1.29 is 14.7 Å². The number of aliphatic hydroxyl groups excluding tert-OH is 1. The van der Waals surface area contributed by atoms with Gasteiger partial charge in [0.05, 0.1) is 0 Å². The van der Waals surface area contributed by atoms with Gasteiger partial charge < -0.3 is 14.9 Å². The molecule has 1 saturated heterocycles. The average Bonchev–Trinajstić information content (AvgIpc) is 2.35. The number of piperidine rings is 1. The Kier molecular flexibility index (Phi) is 5.41. The normalized spacial score (nSPS) is 17.0. The molecule has 1 fully saturated rings. The minimum atomic E-state index is 0.0364. The molecular weight excluding hydrogens is 220 g/mol. The third-order valence-electron chi connectivity index (χ3n) is 3.32. The summed E-state index contributed by atoms with van der Waals surface area (Å²) in [5.74, 6) is 0.264. The molecule has 0 aromatic rings. The van der Waals surface area contributed by atoms with E-state index in [0.29, 0.717) is 26.1 Å². The summed E-state index contributed by atoms with van der Waals surface area (Å²) >= 11 is 0. The molecule has 2 amide bonds. The van der Waals surface area contributed by atoms with E-state index in [1.165, 1.54) is 0 Å². The van der Waals surface area contributed by atoms with Crippen LogP contribution in [0.3, 0.4) is 0 Å². The highest BCUT2D eigenvalue weighted by molar-refractivity contribution is 5.79. The number of nitrogens with zero attached hydrogens (tertiary/aromatic N) is 2. The molecule has 98 valence electrons. The first-order valence-electron chi connectivity index (χ1n) is 6.17. The van der Waals surface area contributed by atoms with Gasteiger partial charge >= 0.3 is 0 Å². The first-order chi connectivity index (χ1) is 8.06. The maximum Gasteiger partial charge on any atom is 0.225 e. The second-order valence-electron chi connectivity index (χ2n) is 4.62. The SMILES string of the molecule is CC(=O)N1CCC(C(=O)N(C)CCCO)CC1. The van der Waals surface area contributed by atoms with Gasteiger partial charge in [-0.25, -0.2) is 0 Å². The van der Waals surface area contributed by atoms with Gasteiger partial charge in [0.15, 0.2) is 0 Å². The third kappa shape index (κ3) is 4.00. The van der Waals surface area contributed by atoms with Crippen molar-refractivity contribution in [2.45, 2.75) is 26.2 Å². The summed E-state index contributed by atoms with van der Waals surface area (Å²) in [5.41, 5.74) is 0. The van der Waals surface area contributed by atoms with Crippen LogP contribution < -0.4 is 0 Å². The Morgan fingerprint density at radius 2 is 1.94 bits per heavy atom. The monoisotopic (exact) mass is 242 g/mol. The van der Waals surface area contributed by atoms with Crippen LogP contribution in [0.25, 0.3) is 0 Å². The Labute approximate surface area is 102 Å². The molecule has 0 unspecified atom stereocenters. The molecule has 5 heteroatoms. The second kappa shape index (κ2) is 6.59. The number of likely N-dealkylation sites (tertiary alicyclic amines) is 1. The van der Waals surface area contributed by atoms with Crippen LogP contribution in [0.1, 0.15) is 26.2 Å². The third-order valence-corrected chi connectivity index (χ3v) is 3.32. The van der Waals surface area contributed by atoms with E-state index >= 15 is 0 Å². The molecule has 1 aliphatic heterocycles. The largest absolute Gasteiger partial charge is 0.396 e. The maximum absolute atomic E-state index is 12.0. The molecule has 0 aromatic carbocycles. The summed E-state index contributed by atoms with van der Waals surface area (Å²) in [6.07, 6.45) is 2.12. The fourth-order valence-corrected chi connectivity index (χ4v) is 2.17. The van der Waals surface area contributed by atoms with Crippen molar-refractivity contribution in [2.75, 3.05) is 33.3 Å². The van der Waals surface area contributed by atoms with E-state index < -0.39 is 0 Å². The lowest BCUT2D eigenvalue weighted by molar-refractivity contribution is -0.139. The summed E-state index contributed by atoms with van der Waals surface area (Å²) in [6, 6.07) is 0. The Hall–Kier alpha value is -1.10. The van der Waals surface area contributed by atoms with Crippen LogP contribution in [0, 0.1) is 5.92 Å². The van der Waals surface area contributed by atoms with Crippen molar-refractivity contribution in [3.63, 3.8) is 0 Å². The van der Waals surface area contributed by atoms with Crippen molar-refractivity contribution in [2.24, 2.45) is 5.92 Å². The van der Waals surface area contributed by atoms with E-state index in [-0.39, 0.29) is 24.3 Å². The zero-order chi connectivity index (χ0) is 12.8. The van der Waals surface area contributed by atoms with E-state index in [1.807, 2.05) is 0 Å². The summed E-state index contributed by atoms with van der Waals surface area (Å²) < 4.78 is 0. The maximum atomic E-state index is 12.0. The number of rotatable bonds is 4. The van der Waals surface area contributed by atoms with E-state index in [9.17, 15) is 9.59 Å². The molecule has 0 atom stereocenters. The molecule has 0 bridgehead atoms. The van der Waals surface area contributed by atoms with Crippen LogP contribution in [-0.4, -0.2) is 60.0 Å². The van der Waals surface area contributed by atoms with Gasteiger partial charge in [-0.2, -0.15) is 0 Å². The smallest absolute Gasteiger partial charge is 0.225 e. The lowest BCUT2D eigenvalue weighted by Crippen LogP contribution is -2.43.